The number of nitrogens with zero attached hydrogens (tertiary/aromatic N) is 2. The number of aromatic nitrogens is 1. The number of piperidine rings is 1. The van der Waals surface area contributed by atoms with Gasteiger partial charge >= 0.3 is 0 Å². The van der Waals surface area contributed by atoms with Gasteiger partial charge in [0.25, 0.3) is 0 Å². The summed E-state index contributed by atoms with van der Waals surface area (Å²) in [6, 6.07) is 0. The van der Waals surface area contributed by atoms with E-state index in [2.05, 4.69) is 23.7 Å². The Morgan fingerprint density at radius 2 is 2.06 bits per heavy atom. The lowest BCUT2D eigenvalue weighted by atomic mass is 9.83. The summed E-state index contributed by atoms with van der Waals surface area (Å²) >= 11 is 1.59. The molecule has 0 saturated carbocycles. The van der Waals surface area contributed by atoms with E-state index in [1.807, 2.05) is 0 Å². The van der Waals surface area contributed by atoms with Crippen molar-refractivity contribution in [2.45, 2.75) is 39.9 Å². The average molecular weight is 270 g/mol. The highest BCUT2D eigenvalue weighted by molar-refractivity contribution is 7.15. The van der Waals surface area contributed by atoms with Gasteiger partial charge in [-0.25, -0.2) is 4.98 Å². The van der Waals surface area contributed by atoms with Crippen molar-refractivity contribution in [2.24, 2.45) is 5.41 Å². The molecule has 0 bridgehead atoms. The lowest BCUT2D eigenvalue weighted by molar-refractivity contribution is 0.179. The zero-order valence-corrected chi connectivity index (χ0v) is 12.2. The lowest BCUT2D eigenvalue weighted by Crippen LogP contribution is -2.37. The Hall–Kier alpha value is -0.650. The highest BCUT2D eigenvalue weighted by atomic mass is 32.1. The van der Waals surface area contributed by atoms with Crippen LogP contribution in [0.4, 0.5) is 5.13 Å². The number of hydrogen-bond donors (Lipinski definition) is 1. The van der Waals surface area contributed by atoms with Crippen molar-refractivity contribution in [3.63, 3.8) is 0 Å². The van der Waals surface area contributed by atoms with Gasteiger partial charge in [0.1, 0.15) is 0 Å². The summed E-state index contributed by atoms with van der Waals surface area (Å²) in [7, 11) is 1.66. The minimum Gasteiger partial charge on any atom is -0.391 e. The van der Waals surface area contributed by atoms with E-state index in [4.69, 9.17) is 4.74 Å². The highest BCUT2D eigenvalue weighted by Crippen LogP contribution is 2.34. The predicted molar refractivity (Wildman–Crippen MR) is 74.0 cm³/mol. The molecule has 0 unspecified atom stereocenters. The van der Waals surface area contributed by atoms with Gasteiger partial charge in [-0.15, -0.1) is 0 Å². The van der Waals surface area contributed by atoms with Crippen LogP contribution in [0, 0.1) is 5.41 Å². The predicted octanol–water partition coefficient (Wildman–Crippen LogP) is 2.41. The van der Waals surface area contributed by atoms with E-state index < -0.39 is 0 Å². The lowest BCUT2D eigenvalue weighted by Gasteiger charge is -2.36. The number of methoxy groups -OCH3 is 1. The van der Waals surface area contributed by atoms with Gasteiger partial charge in [-0.2, -0.15) is 0 Å². The first-order valence-corrected chi connectivity index (χ1v) is 7.21. The van der Waals surface area contributed by atoms with E-state index in [0.717, 1.165) is 28.8 Å². The molecule has 2 rings (SSSR count). The van der Waals surface area contributed by atoms with Gasteiger partial charge < -0.3 is 14.7 Å². The highest BCUT2D eigenvalue weighted by Gasteiger charge is 2.27. The number of aliphatic hydroxyl groups is 1. The molecule has 0 spiro atoms. The van der Waals surface area contributed by atoms with Crippen LogP contribution >= 0.6 is 11.3 Å². The minimum atomic E-state index is 0.0513. The maximum Gasteiger partial charge on any atom is 0.185 e. The van der Waals surface area contributed by atoms with Crippen LogP contribution in [-0.4, -0.2) is 30.3 Å². The van der Waals surface area contributed by atoms with Crippen molar-refractivity contribution in [1.29, 1.82) is 0 Å². The third-order valence-corrected chi connectivity index (χ3v) is 4.72. The molecular weight excluding hydrogens is 248 g/mol. The first-order valence-electron chi connectivity index (χ1n) is 6.39. The normalized spacial score (nSPS) is 19.2. The van der Waals surface area contributed by atoms with Crippen molar-refractivity contribution in [1.82, 2.24) is 4.98 Å². The molecule has 18 heavy (non-hydrogen) atoms. The molecule has 4 nitrogen and oxygen atoms in total. The Morgan fingerprint density at radius 3 is 2.61 bits per heavy atom. The topological polar surface area (TPSA) is 45.6 Å². The Balaban J connectivity index is 2.09. The second-order valence-electron chi connectivity index (χ2n) is 5.61. The third-order valence-electron chi connectivity index (χ3n) is 3.58. The second-order valence-corrected chi connectivity index (χ2v) is 6.67. The number of aliphatic hydroxyl groups excluding tert-OH is 1. The van der Waals surface area contributed by atoms with Crippen LogP contribution in [0.25, 0.3) is 0 Å². The Bertz CT molecular complexity index is 394. The standard InChI is InChI=1S/C13H22N2O2S/c1-13(2)4-6-15(7-5-13)12-14-10(9-17-3)11(8-16)18-12/h16H,4-9H2,1-3H3. The zero-order valence-electron chi connectivity index (χ0n) is 11.4. The number of hydrogen-bond acceptors (Lipinski definition) is 5. The number of rotatable bonds is 4. The Kier molecular flexibility index (Phi) is 4.25. The summed E-state index contributed by atoms with van der Waals surface area (Å²) in [5.41, 5.74) is 1.33. The van der Waals surface area contributed by atoms with Crippen LogP contribution in [0.1, 0.15) is 37.3 Å². The molecule has 1 N–H and O–H groups in total. The summed E-state index contributed by atoms with van der Waals surface area (Å²) in [6.45, 7) is 7.28. The van der Waals surface area contributed by atoms with Crippen LogP contribution < -0.4 is 4.90 Å². The maximum absolute atomic E-state index is 9.34. The zero-order chi connectivity index (χ0) is 13.2. The van der Waals surface area contributed by atoms with E-state index in [1.54, 1.807) is 18.4 Å². The largest absolute Gasteiger partial charge is 0.391 e. The smallest absolute Gasteiger partial charge is 0.185 e. The van der Waals surface area contributed by atoms with Gasteiger partial charge in [0, 0.05) is 20.2 Å². The summed E-state index contributed by atoms with van der Waals surface area (Å²) in [5, 5.41) is 10.4. The number of thiazole rings is 1. The van der Waals surface area contributed by atoms with Crippen molar-refractivity contribution in [3.8, 4) is 0 Å². The van der Waals surface area contributed by atoms with Gasteiger partial charge in [-0.1, -0.05) is 25.2 Å². The van der Waals surface area contributed by atoms with Crippen LogP contribution in [0.15, 0.2) is 0 Å². The molecule has 0 radical (unpaired) electrons. The first kappa shape index (κ1) is 13.8. The summed E-state index contributed by atoms with van der Waals surface area (Å²) < 4.78 is 5.12. The number of ether oxygens (including phenoxy) is 1. The summed E-state index contributed by atoms with van der Waals surface area (Å²) in [4.78, 5) is 7.86. The van der Waals surface area contributed by atoms with Gasteiger partial charge in [0.05, 0.1) is 23.8 Å². The Morgan fingerprint density at radius 1 is 1.39 bits per heavy atom. The third kappa shape index (κ3) is 3.02. The van der Waals surface area contributed by atoms with E-state index in [0.29, 0.717) is 12.0 Å². The first-order chi connectivity index (χ1) is 8.55. The van der Waals surface area contributed by atoms with Crippen molar-refractivity contribution in [3.05, 3.63) is 10.6 Å². The van der Waals surface area contributed by atoms with Gasteiger partial charge in [-0.05, 0) is 18.3 Å². The second kappa shape index (κ2) is 5.55. The van der Waals surface area contributed by atoms with E-state index >= 15 is 0 Å². The molecule has 1 aromatic rings. The molecule has 102 valence electrons. The molecule has 2 heterocycles. The summed E-state index contributed by atoms with van der Waals surface area (Å²) in [6.07, 6.45) is 2.39. The van der Waals surface area contributed by atoms with Gasteiger partial charge in [0.2, 0.25) is 0 Å². The molecule has 0 aromatic carbocycles. The molecule has 1 saturated heterocycles. The molecule has 1 aromatic heterocycles. The van der Waals surface area contributed by atoms with Crippen LogP contribution in [0.2, 0.25) is 0 Å². The van der Waals surface area contributed by atoms with Crippen molar-refractivity contribution < 1.29 is 9.84 Å². The molecule has 1 aliphatic rings. The number of anilines is 1. The molecule has 5 heteroatoms. The SMILES string of the molecule is COCc1nc(N2CCC(C)(C)CC2)sc1CO. The molecule has 1 fully saturated rings. The van der Waals surface area contributed by atoms with Crippen LogP contribution in [0.5, 0.6) is 0 Å². The fourth-order valence-electron chi connectivity index (χ4n) is 2.18. The summed E-state index contributed by atoms with van der Waals surface area (Å²) in [5.74, 6) is 0. The molecule has 0 aliphatic carbocycles. The van der Waals surface area contributed by atoms with Gasteiger partial charge in [-0.3, -0.25) is 0 Å². The molecule has 1 aliphatic heterocycles. The fourth-order valence-corrected chi connectivity index (χ4v) is 3.16. The van der Waals surface area contributed by atoms with E-state index in [9.17, 15) is 5.11 Å². The molecule has 0 atom stereocenters. The fraction of sp³-hybridized carbons (Fsp3) is 0.769. The van der Waals surface area contributed by atoms with Crippen molar-refractivity contribution >= 4 is 16.5 Å². The van der Waals surface area contributed by atoms with Crippen molar-refractivity contribution in [2.75, 3.05) is 25.1 Å². The van der Waals surface area contributed by atoms with E-state index in [-0.39, 0.29) is 6.61 Å². The maximum atomic E-state index is 9.34. The van der Waals surface area contributed by atoms with Gasteiger partial charge in [0.15, 0.2) is 5.13 Å². The monoisotopic (exact) mass is 270 g/mol. The van der Waals surface area contributed by atoms with Crippen LogP contribution in [-0.2, 0) is 18.0 Å². The quantitative estimate of drug-likeness (QED) is 0.912. The minimum absolute atomic E-state index is 0.0513. The Labute approximate surface area is 113 Å². The molecular formula is C13H22N2O2S. The van der Waals surface area contributed by atoms with E-state index in [1.165, 1.54) is 12.8 Å². The molecule has 0 amide bonds. The average Bonchev–Trinajstić information content (AvgIpc) is 2.73. The van der Waals surface area contributed by atoms with Crippen LogP contribution in [0.3, 0.4) is 0 Å².